The molecule has 1 N–H and O–H groups in total. The SMILES string of the molecule is CC(C(=O)Nc1ccc(S(=O)(=O)N2CCCC2)cc1)N(C)CCOc1ccccc1. The molecular weight excluding hydrogens is 402 g/mol. The maximum atomic E-state index is 12.6. The van der Waals surface area contributed by atoms with Crippen molar-refractivity contribution in [1.29, 1.82) is 0 Å². The number of benzene rings is 2. The van der Waals surface area contributed by atoms with Crippen molar-refractivity contribution in [2.45, 2.75) is 30.7 Å². The molecule has 162 valence electrons. The van der Waals surface area contributed by atoms with Crippen LogP contribution in [-0.2, 0) is 14.8 Å². The highest BCUT2D eigenvalue weighted by atomic mass is 32.2. The second-order valence-corrected chi connectivity index (χ2v) is 9.38. The zero-order chi connectivity index (χ0) is 21.6. The molecule has 0 radical (unpaired) electrons. The van der Waals surface area contributed by atoms with E-state index in [0.29, 0.717) is 31.9 Å². The molecule has 1 unspecified atom stereocenters. The maximum absolute atomic E-state index is 12.6. The Labute approximate surface area is 178 Å². The minimum atomic E-state index is -3.45. The standard InChI is InChI=1S/C22H29N3O4S/c1-18(24(2)16-17-29-20-8-4-3-5-9-20)22(26)23-19-10-12-21(13-11-19)30(27,28)25-14-6-7-15-25/h3-5,8-13,18H,6-7,14-17H2,1-2H3,(H,23,26). The van der Waals surface area contributed by atoms with Crippen LogP contribution in [0.5, 0.6) is 5.75 Å². The lowest BCUT2D eigenvalue weighted by Crippen LogP contribution is -2.41. The Bertz CT molecular complexity index is 927. The van der Waals surface area contributed by atoms with Crippen molar-refractivity contribution in [2.75, 3.05) is 38.6 Å². The van der Waals surface area contributed by atoms with Crippen LogP contribution in [0.25, 0.3) is 0 Å². The molecule has 0 aliphatic carbocycles. The van der Waals surface area contributed by atoms with E-state index in [2.05, 4.69) is 5.32 Å². The van der Waals surface area contributed by atoms with Gasteiger partial charge in [0.2, 0.25) is 15.9 Å². The molecule has 2 aromatic rings. The minimum absolute atomic E-state index is 0.160. The molecule has 1 heterocycles. The molecule has 2 aromatic carbocycles. The number of hydrogen-bond acceptors (Lipinski definition) is 5. The summed E-state index contributed by atoms with van der Waals surface area (Å²) in [5, 5.41) is 2.85. The third-order valence-electron chi connectivity index (χ3n) is 5.32. The number of nitrogens with zero attached hydrogens (tertiary/aromatic N) is 2. The zero-order valence-electron chi connectivity index (χ0n) is 17.5. The summed E-state index contributed by atoms with van der Waals surface area (Å²) in [6, 6.07) is 15.5. The molecule has 0 saturated carbocycles. The van der Waals surface area contributed by atoms with E-state index in [1.165, 1.54) is 4.31 Å². The van der Waals surface area contributed by atoms with Crippen molar-refractivity contribution in [2.24, 2.45) is 0 Å². The van der Waals surface area contributed by atoms with Gasteiger partial charge in [0, 0.05) is 25.3 Å². The Hall–Kier alpha value is -2.42. The smallest absolute Gasteiger partial charge is 0.243 e. The molecule has 1 aliphatic rings. The lowest BCUT2D eigenvalue weighted by Gasteiger charge is -2.24. The molecule has 0 spiro atoms. The summed E-state index contributed by atoms with van der Waals surface area (Å²) in [5.41, 5.74) is 0.571. The number of carbonyl (C=O) groups excluding carboxylic acids is 1. The molecule has 30 heavy (non-hydrogen) atoms. The van der Waals surface area contributed by atoms with Crippen molar-refractivity contribution in [3.8, 4) is 5.75 Å². The molecule has 1 fully saturated rings. The van der Waals surface area contributed by atoms with E-state index in [-0.39, 0.29) is 16.8 Å². The predicted molar refractivity (Wildman–Crippen MR) is 117 cm³/mol. The van der Waals surface area contributed by atoms with Gasteiger partial charge in [-0.2, -0.15) is 4.31 Å². The van der Waals surface area contributed by atoms with E-state index in [1.807, 2.05) is 49.2 Å². The molecule has 7 nitrogen and oxygen atoms in total. The number of amides is 1. The number of carbonyl (C=O) groups is 1. The molecule has 1 aliphatic heterocycles. The van der Waals surface area contributed by atoms with Crippen LogP contribution >= 0.6 is 0 Å². The third-order valence-corrected chi connectivity index (χ3v) is 7.23. The average Bonchev–Trinajstić information content (AvgIpc) is 3.30. The van der Waals surface area contributed by atoms with Crippen LogP contribution in [0, 0.1) is 0 Å². The third kappa shape index (κ3) is 5.59. The fourth-order valence-corrected chi connectivity index (χ4v) is 4.77. The first-order valence-electron chi connectivity index (χ1n) is 10.2. The monoisotopic (exact) mass is 431 g/mol. The van der Waals surface area contributed by atoms with Gasteiger partial charge in [-0.3, -0.25) is 9.69 Å². The molecule has 8 heteroatoms. The van der Waals surface area contributed by atoms with Crippen molar-refractivity contribution < 1.29 is 17.9 Å². The number of likely N-dealkylation sites (N-methyl/N-ethyl adjacent to an activating group) is 1. The van der Waals surface area contributed by atoms with Gasteiger partial charge < -0.3 is 10.1 Å². The first-order chi connectivity index (χ1) is 14.4. The van der Waals surface area contributed by atoms with Crippen LogP contribution < -0.4 is 10.1 Å². The Morgan fingerprint density at radius 3 is 2.37 bits per heavy atom. The number of sulfonamides is 1. The molecule has 1 amide bonds. The summed E-state index contributed by atoms with van der Waals surface area (Å²) >= 11 is 0. The molecule has 1 atom stereocenters. The molecular formula is C22H29N3O4S. The van der Waals surface area contributed by atoms with Crippen molar-refractivity contribution >= 4 is 21.6 Å². The van der Waals surface area contributed by atoms with Crippen LogP contribution in [0.4, 0.5) is 5.69 Å². The highest BCUT2D eigenvalue weighted by Gasteiger charge is 2.27. The molecule has 3 rings (SSSR count). The lowest BCUT2D eigenvalue weighted by molar-refractivity contribution is -0.120. The number of nitrogens with one attached hydrogen (secondary N) is 1. The number of anilines is 1. The van der Waals surface area contributed by atoms with Gasteiger partial charge >= 0.3 is 0 Å². The van der Waals surface area contributed by atoms with Crippen LogP contribution in [0.2, 0.25) is 0 Å². The van der Waals surface area contributed by atoms with Crippen molar-refractivity contribution in [3.63, 3.8) is 0 Å². The Balaban J connectivity index is 1.50. The van der Waals surface area contributed by atoms with E-state index in [1.54, 1.807) is 24.3 Å². The first-order valence-corrected chi connectivity index (χ1v) is 11.6. The van der Waals surface area contributed by atoms with Gasteiger partial charge in [-0.25, -0.2) is 8.42 Å². The van der Waals surface area contributed by atoms with Crippen LogP contribution in [0.3, 0.4) is 0 Å². The Morgan fingerprint density at radius 2 is 1.73 bits per heavy atom. The van der Waals surface area contributed by atoms with Crippen molar-refractivity contribution in [3.05, 3.63) is 54.6 Å². The maximum Gasteiger partial charge on any atom is 0.243 e. The van der Waals surface area contributed by atoms with Gasteiger partial charge in [-0.05, 0) is 63.2 Å². The predicted octanol–water partition coefficient (Wildman–Crippen LogP) is 2.81. The quantitative estimate of drug-likeness (QED) is 0.661. The number of hydrogen-bond donors (Lipinski definition) is 1. The van der Waals surface area contributed by atoms with E-state index >= 15 is 0 Å². The topological polar surface area (TPSA) is 79.0 Å². The Kier molecular flexibility index (Phi) is 7.47. The minimum Gasteiger partial charge on any atom is -0.492 e. The summed E-state index contributed by atoms with van der Waals surface area (Å²) in [5.74, 6) is 0.638. The summed E-state index contributed by atoms with van der Waals surface area (Å²) in [7, 11) is -1.58. The number of rotatable bonds is 9. The van der Waals surface area contributed by atoms with Crippen LogP contribution in [0.15, 0.2) is 59.5 Å². The van der Waals surface area contributed by atoms with E-state index in [9.17, 15) is 13.2 Å². The summed E-state index contributed by atoms with van der Waals surface area (Å²) in [6.07, 6.45) is 1.80. The lowest BCUT2D eigenvalue weighted by atomic mass is 10.2. The van der Waals surface area contributed by atoms with Gasteiger partial charge in [0.15, 0.2) is 0 Å². The second-order valence-electron chi connectivity index (χ2n) is 7.44. The molecule has 0 aromatic heterocycles. The van der Waals surface area contributed by atoms with Gasteiger partial charge in [0.1, 0.15) is 12.4 Å². The van der Waals surface area contributed by atoms with E-state index < -0.39 is 10.0 Å². The summed E-state index contributed by atoms with van der Waals surface area (Å²) < 4.78 is 32.4. The second kappa shape index (κ2) is 10.1. The normalized spacial score (nSPS) is 15.8. The van der Waals surface area contributed by atoms with Crippen molar-refractivity contribution in [1.82, 2.24) is 9.21 Å². The largest absolute Gasteiger partial charge is 0.492 e. The highest BCUT2D eigenvalue weighted by molar-refractivity contribution is 7.89. The average molecular weight is 432 g/mol. The van der Waals surface area contributed by atoms with E-state index in [4.69, 9.17) is 4.74 Å². The molecule has 0 bridgehead atoms. The van der Waals surface area contributed by atoms with Gasteiger partial charge in [0.05, 0.1) is 10.9 Å². The van der Waals surface area contributed by atoms with Gasteiger partial charge in [-0.15, -0.1) is 0 Å². The molecule has 1 saturated heterocycles. The first kappa shape index (κ1) is 22.3. The summed E-state index contributed by atoms with van der Waals surface area (Å²) in [6.45, 7) is 4.03. The van der Waals surface area contributed by atoms with Crippen LogP contribution in [-0.4, -0.2) is 62.9 Å². The fraction of sp³-hybridized carbons (Fsp3) is 0.409. The highest BCUT2D eigenvalue weighted by Crippen LogP contribution is 2.22. The van der Waals surface area contributed by atoms with Crippen LogP contribution in [0.1, 0.15) is 19.8 Å². The van der Waals surface area contributed by atoms with Gasteiger partial charge in [-0.1, -0.05) is 18.2 Å². The fourth-order valence-electron chi connectivity index (χ4n) is 3.25. The van der Waals surface area contributed by atoms with Gasteiger partial charge in [0.25, 0.3) is 0 Å². The number of para-hydroxylation sites is 1. The summed E-state index contributed by atoms with van der Waals surface area (Å²) in [4.78, 5) is 14.7. The zero-order valence-corrected chi connectivity index (χ0v) is 18.3. The Morgan fingerprint density at radius 1 is 1.10 bits per heavy atom. The van der Waals surface area contributed by atoms with E-state index in [0.717, 1.165) is 18.6 Å². The number of ether oxygens (including phenoxy) is 1.